The highest BCUT2D eigenvalue weighted by molar-refractivity contribution is 6.05. The van der Waals surface area contributed by atoms with Crippen molar-refractivity contribution in [3.05, 3.63) is 48.0 Å². The molecule has 1 amide bonds. The zero-order valence-corrected chi connectivity index (χ0v) is 11.7. The van der Waals surface area contributed by atoms with Crippen molar-refractivity contribution in [2.45, 2.75) is 19.9 Å². The van der Waals surface area contributed by atoms with Crippen molar-refractivity contribution in [1.29, 1.82) is 0 Å². The number of carbonyl (C=O) groups is 1. The Bertz CT molecular complexity index is 803. The number of aromatic amines is 1. The molecule has 0 unspecified atom stereocenters. The second-order valence-electron chi connectivity index (χ2n) is 5.12. The number of halogens is 1. The molecule has 0 aliphatic carbocycles. The number of nitrogens with one attached hydrogen (secondary N) is 2. The third-order valence-electron chi connectivity index (χ3n) is 3.23. The summed E-state index contributed by atoms with van der Waals surface area (Å²) in [6, 6.07) is 7.87. The smallest absolute Gasteiger partial charge is 0.273 e. The van der Waals surface area contributed by atoms with Crippen molar-refractivity contribution in [1.82, 2.24) is 14.8 Å². The maximum atomic E-state index is 13.2. The lowest BCUT2D eigenvalue weighted by molar-refractivity contribution is 0.102. The van der Waals surface area contributed by atoms with Gasteiger partial charge in [-0.2, -0.15) is 5.10 Å². The zero-order valence-electron chi connectivity index (χ0n) is 11.7. The molecular weight excluding hydrogens is 271 g/mol. The average Bonchev–Trinajstić information content (AvgIpc) is 3.04. The van der Waals surface area contributed by atoms with Crippen molar-refractivity contribution < 1.29 is 9.18 Å². The second-order valence-corrected chi connectivity index (χ2v) is 5.12. The van der Waals surface area contributed by atoms with Crippen LogP contribution in [0.3, 0.4) is 0 Å². The van der Waals surface area contributed by atoms with Gasteiger partial charge in [0.2, 0.25) is 0 Å². The summed E-state index contributed by atoms with van der Waals surface area (Å²) in [6.45, 7) is 3.96. The molecule has 0 aliphatic rings. The Hall–Kier alpha value is -2.63. The number of hydrogen-bond acceptors (Lipinski definition) is 2. The van der Waals surface area contributed by atoms with Crippen LogP contribution in [0.1, 0.15) is 30.4 Å². The van der Waals surface area contributed by atoms with E-state index < -0.39 is 0 Å². The number of aromatic nitrogens is 3. The highest BCUT2D eigenvalue weighted by atomic mass is 19.1. The predicted molar refractivity (Wildman–Crippen MR) is 78.8 cm³/mol. The molecule has 0 saturated carbocycles. The molecule has 0 spiro atoms. The molecule has 2 heterocycles. The minimum atomic E-state index is -0.327. The summed E-state index contributed by atoms with van der Waals surface area (Å²) >= 11 is 0. The van der Waals surface area contributed by atoms with E-state index in [0.29, 0.717) is 16.9 Å². The Morgan fingerprint density at radius 2 is 2.14 bits per heavy atom. The van der Waals surface area contributed by atoms with E-state index >= 15 is 0 Å². The van der Waals surface area contributed by atoms with Crippen LogP contribution in [0.5, 0.6) is 0 Å². The summed E-state index contributed by atoms with van der Waals surface area (Å²) < 4.78 is 14.9. The second kappa shape index (κ2) is 5.05. The van der Waals surface area contributed by atoms with Crippen molar-refractivity contribution >= 4 is 22.6 Å². The minimum absolute atomic E-state index is 0.145. The van der Waals surface area contributed by atoms with Gasteiger partial charge in [-0.3, -0.25) is 4.79 Å². The van der Waals surface area contributed by atoms with Crippen LogP contribution < -0.4 is 5.32 Å². The molecule has 0 bridgehead atoms. The predicted octanol–water partition coefficient (Wildman–Crippen LogP) is 3.34. The van der Waals surface area contributed by atoms with Crippen molar-refractivity contribution in [3.63, 3.8) is 0 Å². The first-order chi connectivity index (χ1) is 10.0. The Balaban J connectivity index is 1.88. The fraction of sp³-hybridized carbons (Fsp3) is 0.200. The number of nitrogens with zero attached hydrogens (tertiary/aromatic N) is 2. The van der Waals surface area contributed by atoms with Gasteiger partial charge in [0, 0.05) is 23.0 Å². The number of carbonyl (C=O) groups excluding carboxylic acids is 1. The lowest BCUT2D eigenvalue weighted by atomic mass is 10.2. The first-order valence-corrected chi connectivity index (χ1v) is 6.68. The van der Waals surface area contributed by atoms with Gasteiger partial charge in [-0.1, -0.05) is 0 Å². The van der Waals surface area contributed by atoms with Crippen LogP contribution in [0, 0.1) is 5.82 Å². The third kappa shape index (κ3) is 2.52. The number of hydrogen-bond donors (Lipinski definition) is 2. The fourth-order valence-electron chi connectivity index (χ4n) is 2.23. The number of benzene rings is 1. The quantitative estimate of drug-likeness (QED) is 0.775. The van der Waals surface area contributed by atoms with Crippen LogP contribution in [0.15, 0.2) is 36.5 Å². The summed E-state index contributed by atoms with van der Waals surface area (Å²) in [4.78, 5) is 15.2. The summed E-state index contributed by atoms with van der Waals surface area (Å²) in [5.74, 6) is 0.0141. The van der Waals surface area contributed by atoms with E-state index in [1.54, 1.807) is 29.1 Å². The molecule has 3 rings (SSSR count). The molecule has 0 aliphatic heterocycles. The molecule has 108 valence electrons. The molecular formula is C15H15FN4O. The number of rotatable bonds is 3. The fourth-order valence-corrected chi connectivity index (χ4v) is 2.23. The number of amides is 1. The van der Waals surface area contributed by atoms with Crippen molar-refractivity contribution in [2.75, 3.05) is 5.32 Å². The van der Waals surface area contributed by atoms with Crippen LogP contribution in [-0.4, -0.2) is 20.7 Å². The zero-order chi connectivity index (χ0) is 15.0. The van der Waals surface area contributed by atoms with E-state index in [4.69, 9.17) is 0 Å². The highest BCUT2D eigenvalue weighted by Crippen LogP contribution is 2.18. The Morgan fingerprint density at radius 3 is 2.90 bits per heavy atom. The van der Waals surface area contributed by atoms with Gasteiger partial charge in [-0.05, 0) is 38.1 Å². The topological polar surface area (TPSA) is 62.7 Å². The Kier molecular flexibility index (Phi) is 3.21. The molecule has 2 aromatic heterocycles. The van der Waals surface area contributed by atoms with E-state index in [-0.39, 0.29) is 17.8 Å². The van der Waals surface area contributed by atoms with Crippen LogP contribution >= 0.6 is 0 Å². The molecule has 0 fully saturated rings. The van der Waals surface area contributed by atoms with E-state index in [1.807, 2.05) is 13.8 Å². The maximum Gasteiger partial charge on any atom is 0.273 e. The molecule has 0 atom stereocenters. The van der Waals surface area contributed by atoms with Gasteiger partial charge < -0.3 is 10.3 Å². The normalized spacial score (nSPS) is 11.2. The Labute approximate surface area is 120 Å². The van der Waals surface area contributed by atoms with Gasteiger partial charge in [0.05, 0.1) is 6.20 Å². The van der Waals surface area contributed by atoms with Gasteiger partial charge in [-0.15, -0.1) is 0 Å². The standard InChI is InChI=1S/C15H15FN4O/c1-9(2)20-14(5-6-17-20)19-15(21)13-8-10-7-11(16)3-4-12(10)18-13/h3-9,18H,1-2H3,(H,19,21). The first-order valence-electron chi connectivity index (χ1n) is 6.68. The van der Waals surface area contributed by atoms with Crippen LogP contribution in [0.25, 0.3) is 10.9 Å². The third-order valence-corrected chi connectivity index (χ3v) is 3.23. The average molecular weight is 286 g/mol. The van der Waals surface area contributed by atoms with E-state index in [1.165, 1.54) is 12.1 Å². The van der Waals surface area contributed by atoms with Gasteiger partial charge in [0.25, 0.3) is 5.91 Å². The summed E-state index contributed by atoms with van der Waals surface area (Å²) in [5, 5.41) is 7.62. The summed E-state index contributed by atoms with van der Waals surface area (Å²) in [5.41, 5.74) is 1.10. The monoisotopic (exact) mass is 286 g/mol. The molecule has 1 aromatic carbocycles. The van der Waals surface area contributed by atoms with Gasteiger partial charge in [-0.25, -0.2) is 9.07 Å². The van der Waals surface area contributed by atoms with Crippen LogP contribution in [0.4, 0.5) is 10.2 Å². The summed E-state index contributed by atoms with van der Waals surface area (Å²) in [6.07, 6.45) is 1.64. The van der Waals surface area contributed by atoms with Crippen molar-refractivity contribution in [2.24, 2.45) is 0 Å². The van der Waals surface area contributed by atoms with Crippen LogP contribution in [0.2, 0.25) is 0 Å². The SMILES string of the molecule is CC(C)n1nccc1NC(=O)c1cc2cc(F)ccc2[nH]1. The first kappa shape index (κ1) is 13.4. The van der Waals surface area contributed by atoms with Crippen molar-refractivity contribution in [3.8, 4) is 0 Å². The number of anilines is 1. The number of H-pyrrole nitrogens is 1. The number of fused-ring (bicyclic) bond motifs is 1. The lowest BCUT2D eigenvalue weighted by Crippen LogP contribution is -2.16. The molecule has 6 heteroatoms. The largest absolute Gasteiger partial charge is 0.351 e. The summed E-state index contributed by atoms with van der Waals surface area (Å²) in [7, 11) is 0. The molecule has 0 radical (unpaired) electrons. The molecule has 5 nitrogen and oxygen atoms in total. The molecule has 0 saturated heterocycles. The Morgan fingerprint density at radius 1 is 1.33 bits per heavy atom. The van der Waals surface area contributed by atoms with E-state index in [9.17, 15) is 9.18 Å². The van der Waals surface area contributed by atoms with Gasteiger partial charge in [0.15, 0.2) is 0 Å². The van der Waals surface area contributed by atoms with E-state index in [0.717, 1.165) is 5.52 Å². The molecule has 3 aromatic rings. The minimum Gasteiger partial charge on any atom is -0.351 e. The molecule has 21 heavy (non-hydrogen) atoms. The van der Waals surface area contributed by atoms with Gasteiger partial charge >= 0.3 is 0 Å². The van der Waals surface area contributed by atoms with E-state index in [2.05, 4.69) is 15.4 Å². The van der Waals surface area contributed by atoms with Crippen LogP contribution in [-0.2, 0) is 0 Å². The highest BCUT2D eigenvalue weighted by Gasteiger charge is 2.13. The molecule has 2 N–H and O–H groups in total. The lowest BCUT2D eigenvalue weighted by Gasteiger charge is -2.11. The van der Waals surface area contributed by atoms with Gasteiger partial charge in [0.1, 0.15) is 17.3 Å². The maximum absolute atomic E-state index is 13.2.